The Morgan fingerprint density at radius 2 is 0.694 bits per heavy atom. The quantitative estimate of drug-likeness (QED) is 0.0469. The number of carbonyl (C=O) groups excluding carboxylic acids is 3. The fourth-order valence-electron chi connectivity index (χ4n) is 10.5. The molecule has 9 heterocycles. The minimum absolute atomic E-state index is 0.0183. The lowest BCUT2D eigenvalue weighted by molar-refractivity contribution is 0.0514. The molecule has 98 heavy (non-hydrogen) atoms. The predicted molar refractivity (Wildman–Crippen MR) is 369 cm³/mol. The molecule has 9 aromatic heterocycles. The molecule has 0 aliphatic carbocycles. The third-order valence-electron chi connectivity index (χ3n) is 15.1. The van der Waals surface area contributed by atoms with E-state index in [-0.39, 0.29) is 41.0 Å². The lowest BCUT2D eigenvalue weighted by atomic mass is 10.0. The van der Waals surface area contributed by atoms with Crippen LogP contribution in [0, 0.1) is 0 Å². The first kappa shape index (κ1) is 63.0. The zero-order valence-corrected chi connectivity index (χ0v) is 52.2. The second-order valence-electron chi connectivity index (χ2n) is 21.6. The summed E-state index contributed by atoms with van der Waals surface area (Å²) in [7, 11) is 0. The number of pyridine rings is 3. The van der Waals surface area contributed by atoms with Gasteiger partial charge in [0.05, 0.1) is 76.0 Å². The second kappa shape index (κ2) is 29.5. The second-order valence-corrected chi connectivity index (χ2v) is 21.6. The number of amides is 2. The van der Waals surface area contributed by atoms with Crippen molar-refractivity contribution in [3.63, 3.8) is 0 Å². The maximum Gasteiger partial charge on any atom is 0.360 e. The number of hydrogen-bond donors (Lipinski definition) is 5. The molecule has 15 aromatic rings. The number of anilines is 3. The van der Waals surface area contributed by atoms with Gasteiger partial charge in [0.25, 0.3) is 11.8 Å². The van der Waals surface area contributed by atoms with Gasteiger partial charge in [-0.05, 0) is 94.9 Å². The van der Waals surface area contributed by atoms with Gasteiger partial charge < -0.3 is 45.7 Å². The van der Waals surface area contributed by atoms with E-state index in [1.54, 1.807) is 25.5 Å². The first-order valence-electron chi connectivity index (χ1n) is 30.8. The molecule has 480 valence electrons. The number of fused-ring (bicyclic) bond motifs is 3. The summed E-state index contributed by atoms with van der Waals surface area (Å²) in [5.41, 5.74) is 21.6. The van der Waals surface area contributed by atoms with Crippen LogP contribution in [0.25, 0.3) is 101 Å². The number of primary amides is 2. The van der Waals surface area contributed by atoms with Crippen molar-refractivity contribution in [2.45, 2.75) is 26.6 Å². The molecule has 0 radical (unpaired) electrons. The van der Waals surface area contributed by atoms with Gasteiger partial charge in [0.1, 0.15) is 17.5 Å². The molecule has 24 heteroatoms. The van der Waals surface area contributed by atoms with Crippen LogP contribution >= 0.6 is 0 Å². The lowest BCUT2D eigenvalue weighted by Crippen LogP contribution is -2.10. The van der Waals surface area contributed by atoms with Gasteiger partial charge in [0.2, 0.25) is 34.8 Å². The molecule has 0 saturated heterocycles. The highest BCUT2D eigenvalue weighted by Crippen LogP contribution is 2.38. The fraction of sp³-hybridized carbons (Fsp3) is 0.0676. The standard InChI is InChI=1S/C26H21N5O3.2C24H18N6O2/c1-2-33-26(32)21-15-22(34-31-21)24-29-20-13-8-12-19(17-9-4-3-5-10-17)23(20)25(30-24)28-16-18-11-6-7-14-27-18;2*25-22(31)19-13-20(32-30-19)23-28-18-11-6-10-17(15-7-2-1-3-8-15)21(18)24(29-23)27-14-16-9-4-5-12-26-16/h3-15H,2,16H2,1H3,(H,28,29,30);2*1-13H,14H2,(H2,25,31)(H,27,28,29). The number of carbonyl (C=O) groups is 3. The zero-order chi connectivity index (χ0) is 67.2. The van der Waals surface area contributed by atoms with Crippen LogP contribution in [-0.4, -0.2) is 84.7 Å². The molecule has 6 aromatic carbocycles. The van der Waals surface area contributed by atoms with Gasteiger partial charge in [-0.2, -0.15) is 0 Å². The number of ether oxygens (including phenoxy) is 1. The minimum atomic E-state index is -0.680. The third kappa shape index (κ3) is 14.5. The summed E-state index contributed by atoms with van der Waals surface area (Å²) in [6.45, 7) is 3.39. The van der Waals surface area contributed by atoms with Gasteiger partial charge >= 0.3 is 5.97 Å². The van der Waals surface area contributed by atoms with Gasteiger partial charge in [-0.3, -0.25) is 24.5 Å². The van der Waals surface area contributed by atoms with Crippen molar-refractivity contribution in [2.24, 2.45) is 11.5 Å². The van der Waals surface area contributed by atoms with Crippen LogP contribution in [0.3, 0.4) is 0 Å². The molecule has 0 aliphatic heterocycles. The summed E-state index contributed by atoms with van der Waals surface area (Å²) < 4.78 is 20.9. The Kier molecular flexibility index (Phi) is 18.9. The molecule has 0 unspecified atom stereocenters. The Labute approximate surface area is 558 Å². The molecule has 0 spiro atoms. The third-order valence-corrected chi connectivity index (χ3v) is 15.1. The molecule has 0 bridgehead atoms. The number of hydrogen-bond acceptors (Lipinski definition) is 22. The van der Waals surface area contributed by atoms with Crippen molar-refractivity contribution >= 4 is 67.9 Å². The Morgan fingerprint density at radius 3 is 0.990 bits per heavy atom. The van der Waals surface area contributed by atoms with Crippen molar-refractivity contribution in [2.75, 3.05) is 22.6 Å². The summed E-state index contributed by atoms with van der Waals surface area (Å²) in [6, 6.07) is 69.4. The van der Waals surface area contributed by atoms with E-state index in [9.17, 15) is 14.4 Å². The van der Waals surface area contributed by atoms with Gasteiger partial charge in [0.15, 0.2) is 17.1 Å². The maximum atomic E-state index is 12.0. The van der Waals surface area contributed by atoms with E-state index >= 15 is 0 Å². The number of rotatable bonds is 19. The van der Waals surface area contributed by atoms with Crippen LogP contribution in [-0.2, 0) is 24.4 Å². The summed E-state index contributed by atoms with van der Waals surface area (Å²) in [5, 5.41) is 24.0. The molecule has 15 rings (SSSR count). The molecule has 0 fully saturated rings. The normalized spacial score (nSPS) is 10.9. The number of aromatic nitrogens is 12. The highest BCUT2D eigenvalue weighted by atomic mass is 16.5. The number of benzene rings is 6. The molecule has 0 atom stereocenters. The van der Waals surface area contributed by atoms with Crippen molar-refractivity contribution in [1.29, 1.82) is 0 Å². The number of esters is 1. The van der Waals surface area contributed by atoms with Crippen LogP contribution in [0.15, 0.2) is 251 Å². The first-order chi connectivity index (χ1) is 48.1. The maximum absolute atomic E-state index is 12.0. The van der Waals surface area contributed by atoms with E-state index < -0.39 is 17.8 Å². The number of nitrogens with zero attached hydrogens (tertiary/aromatic N) is 12. The topological polar surface area (TPSA) is 343 Å². The van der Waals surface area contributed by atoms with Crippen LogP contribution in [0.1, 0.15) is 55.5 Å². The van der Waals surface area contributed by atoms with Gasteiger partial charge in [-0.15, -0.1) is 0 Å². The molecule has 2 amide bonds. The highest BCUT2D eigenvalue weighted by molar-refractivity contribution is 6.05. The Balaban J connectivity index is 0.000000132. The van der Waals surface area contributed by atoms with Gasteiger partial charge in [-0.1, -0.05) is 161 Å². The zero-order valence-electron chi connectivity index (χ0n) is 52.2. The summed E-state index contributed by atoms with van der Waals surface area (Å²) in [4.78, 5) is 76.2. The molecular formula is C74H57N17O7. The van der Waals surface area contributed by atoms with E-state index in [1.165, 1.54) is 18.2 Å². The number of nitrogens with two attached hydrogens (primary N) is 2. The van der Waals surface area contributed by atoms with E-state index in [4.69, 9.17) is 49.7 Å². The van der Waals surface area contributed by atoms with Crippen molar-refractivity contribution < 1.29 is 32.7 Å². The SMILES string of the molecule is CCOC(=O)c1cc(-c2nc(NCc3ccccn3)c3c(-c4ccccc4)cccc3n2)on1.NC(=O)c1cc(-c2nc(NCc3ccccn3)c3c(-c4ccccc4)cccc3n2)on1.NC(=O)c1cc(-c2nc(NCc3ccccn3)c3c(-c4ccccc4)cccc3n2)on1. The fourth-order valence-corrected chi connectivity index (χ4v) is 10.5. The summed E-state index contributed by atoms with van der Waals surface area (Å²) in [6.07, 6.45) is 5.24. The Morgan fingerprint density at radius 1 is 0.378 bits per heavy atom. The van der Waals surface area contributed by atoms with Crippen LogP contribution < -0.4 is 27.4 Å². The lowest BCUT2D eigenvalue weighted by Gasteiger charge is -2.13. The highest BCUT2D eigenvalue weighted by Gasteiger charge is 2.23. The van der Waals surface area contributed by atoms with Crippen LogP contribution in [0.4, 0.5) is 17.5 Å². The molecular weight excluding hydrogens is 1240 g/mol. The monoisotopic (exact) mass is 1300 g/mol. The van der Waals surface area contributed by atoms with Gasteiger partial charge in [-0.25, -0.2) is 34.7 Å². The minimum Gasteiger partial charge on any atom is -0.461 e. The average molecular weight is 1300 g/mol. The summed E-state index contributed by atoms with van der Waals surface area (Å²) >= 11 is 0. The Hall–Kier alpha value is -13.8. The molecule has 7 N–H and O–H groups in total. The largest absolute Gasteiger partial charge is 0.461 e. The van der Waals surface area contributed by atoms with Gasteiger partial charge in [0, 0.05) is 36.8 Å². The average Bonchev–Trinajstić information content (AvgIpc) is 1.08. The molecule has 0 aliphatic rings. The van der Waals surface area contributed by atoms with Crippen LogP contribution in [0.5, 0.6) is 0 Å². The van der Waals surface area contributed by atoms with E-state index in [2.05, 4.69) is 56.3 Å². The van der Waals surface area contributed by atoms with E-state index in [0.29, 0.717) is 54.6 Å². The summed E-state index contributed by atoms with van der Waals surface area (Å²) in [5.74, 6) is 1.63. The van der Waals surface area contributed by atoms with E-state index in [1.807, 2.05) is 200 Å². The number of nitrogens with one attached hydrogen (secondary N) is 3. The van der Waals surface area contributed by atoms with E-state index in [0.717, 1.165) is 83.2 Å². The smallest absolute Gasteiger partial charge is 0.360 e. The molecule has 0 saturated carbocycles. The first-order valence-corrected chi connectivity index (χ1v) is 30.8. The predicted octanol–water partition coefficient (Wildman–Crippen LogP) is 13.3. The molecule has 24 nitrogen and oxygen atoms in total. The van der Waals surface area contributed by atoms with Crippen molar-refractivity contribution in [3.05, 3.63) is 271 Å². The van der Waals surface area contributed by atoms with Crippen molar-refractivity contribution in [3.8, 4) is 68.1 Å². The van der Waals surface area contributed by atoms with Crippen molar-refractivity contribution in [1.82, 2.24) is 60.3 Å². The van der Waals surface area contributed by atoms with Crippen LogP contribution in [0.2, 0.25) is 0 Å². The Bertz CT molecular complexity index is 5060.